The second-order valence-electron chi connectivity index (χ2n) is 7.25. The molecule has 8 nitrogen and oxygen atoms in total. The van der Waals surface area contributed by atoms with Crippen molar-refractivity contribution in [1.82, 2.24) is 20.4 Å². The third-order valence-corrected chi connectivity index (χ3v) is 5.07. The summed E-state index contributed by atoms with van der Waals surface area (Å²) in [7, 11) is 0. The maximum atomic E-state index is 12.3. The highest BCUT2D eigenvalue weighted by Crippen LogP contribution is 2.18. The first-order valence-corrected chi connectivity index (χ1v) is 9.76. The van der Waals surface area contributed by atoms with E-state index >= 15 is 0 Å². The Hall–Kier alpha value is -2.90. The van der Waals surface area contributed by atoms with Crippen LogP contribution < -0.4 is 10.6 Å². The normalized spacial score (nSPS) is 22.1. The zero-order chi connectivity index (χ0) is 20.3. The van der Waals surface area contributed by atoms with Crippen molar-refractivity contribution < 1.29 is 19.2 Å². The van der Waals surface area contributed by atoms with E-state index in [1.54, 1.807) is 0 Å². The predicted octanol–water partition coefficient (Wildman–Crippen LogP) is 2.13. The van der Waals surface area contributed by atoms with Crippen LogP contribution in [0.15, 0.2) is 24.3 Å². The van der Waals surface area contributed by atoms with Crippen molar-refractivity contribution in [2.24, 2.45) is 0 Å². The Bertz CT molecular complexity index is 712. The van der Waals surface area contributed by atoms with Crippen LogP contribution in [-0.2, 0) is 22.7 Å². The molecule has 6 amide bonds. The Balaban J connectivity index is 1.61. The van der Waals surface area contributed by atoms with Crippen molar-refractivity contribution in [2.75, 3.05) is 0 Å². The van der Waals surface area contributed by atoms with Crippen molar-refractivity contribution in [2.45, 2.75) is 64.7 Å². The van der Waals surface area contributed by atoms with Crippen molar-refractivity contribution in [1.29, 1.82) is 0 Å². The van der Waals surface area contributed by atoms with Gasteiger partial charge < -0.3 is 10.6 Å². The van der Waals surface area contributed by atoms with Gasteiger partial charge in [0.1, 0.15) is 12.1 Å². The lowest BCUT2D eigenvalue weighted by atomic mass is 10.1. The molecule has 8 heteroatoms. The summed E-state index contributed by atoms with van der Waals surface area (Å²) in [6.07, 6.45) is 2.90. The number of amides is 6. The standard InChI is InChI=1S/C20H26N4O4/c1-3-5-15-17(25)23(19(27)21-15)11-13-7-9-14(10-8-13)12-24-18(26)16(6-4-2)22-20(24)28/h7-10,15-16H,3-6,11-12H2,1-2H3,(H,21,27)(H,22,28)/t15-,16-/m1/s1. The van der Waals surface area contributed by atoms with Gasteiger partial charge in [0.25, 0.3) is 11.8 Å². The molecule has 2 atom stereocenters. The van der Waals surface area contributed by atoms with Gasteiger partial charge in [0, 0.05) is 0 Å². The van der Waals surface area contributed by atoms with E-state index in [9.17, 15) is 19.2 Å². The number of rotatable bonds is 8. The molecule has 2 heterocycles. The first-order chi connectivity index (χ1) is 13.4. The van der Waals surface area contributed by atoms with Gasteiger partial charge in [-0.15, -0.1) is 0 Å². The monoisotopic (exact) mass is 386 g/mol. The molecule has 2 aliphatic rings. The summed E-state index contributed by atoms with van der Waals surface area (Å²) >= 11 is 0. The van der Waals surface area contributed by atoms with Gasteiger partial charge in [0.05, 0.1) is 13.1 Å². The SMILES string of the molecule is CCC[C@H]1NC(=O)N(Cc2ccc(CN3C(=O)N[C@H](CCC)C3=O)cc2)C1=O. The number of imide groups is 2. The summed E-state index contributed by atoms with van der Waals surface area (Å²) in [4.78, 5) is 51.1. The van der Waals surface area contributed by atoms with E-state index < -0.39 is 12.1 Å². The molecule has 0 radical (unpaired) electrons. The smallest absolute Gasteiger partial charge is 0.325 e. The summed E-state index contributed by atoms with van der Waals surface area (Å²) in [5.74, 6) is -0.394. The highest BCUT2D eigenvalue weighted by molar-refractivity contribution is 6.04. The fourth-order valence-corrected chi connectivity index (χ4v) is 3.54. The second kappa shape index (κ2) is 8.41. The summed E-state index contributed by atoms with van der Waals surface area (Å²) in [6.45, 7) is 4.34. The molecule has 1 aromatic carbocycles. The van der Waals surface area contributed by atoms with Gasteiger partial charge in [0.2, 0.25) is 0 Å². The molecule has 0 unspecified atom stereocenters. The molecule has 28 heavy (non-hydrogen) atoms. The van der Waals surface area contributed by atoms with Gasteiger partial charge >= 0.3 is 12.1 Å². The maximum Gasteiger partial charge on any atom is 0.325 e. The molecule has 0 aliphatic carbocycles. The number of hydrogen-bond donors (Lipinski definition) is 2. The fourth-order valence-electron chi connectivity index (χ4n) is 3.54. The molecule has 3 rings (SSSR count). The lowest BCUT2D eigenvalue weighted by molar-refractivity contribution is -0.128. The minimum absolute atomic E-state index is 0.197. The number of carbonyl (C=O) groups excluding carboxylic acids is 4. The number of urea groups is 2. The number of benzene rings is 1. The zero-order valence-corrected chi connectivity index (χ0v) is 16.2. The van der Waals surface area contributed by atoms with Gasteiger partial charge in [-0.25, -0.2) is 9.59 Å². The van der Waals surface area contributed by atoms with Crippen molar-refractivity contribution in [3.63, 3.8) is 0 Å². The third kappa shape index (κ3) is 4.00. The molecule has 2 N–H and O–H groups in total. The molecule has 0 aromatic heterocycles. The Labute approximate surface area is 164 Å². The number of carbonyl (C=O) groups is 4. The van der Waals surface area contributed by atoms with E-state index in [1.807, 2.05) is 38.1 Å². The van der Waals surface area contributed by atoms with Crippen molar-refractivity contribution in [3.05, 3.63) is 35.4 Å². The average Bonchev–Trinajstić information content (AvgIpc) is 3.08. The minimum Gasteiger partial charge on any atom is -0.326 e. The zero-order valence-electron chi connectivity index (χ0n) is 16.2. The molecule has 2 fully saturated rings. The van der Waals surface area contributed by atoms with Gasteiger partial charge in [0.15, 0.2) is 0 Å². The minimum atomic E-state index is -0.437. The van der Waals surface area contributed by atoms with Gasteiger partial charge in [-0.05, 0) is 24.0 Å². The largest absolute Gasteiger partial charge is 0.326 e. The van der Waals surface area contributed by atoms with E-state index in [-0.39, 0.29) is 37.0 Å². The molecule has 150 valence electrons. The van der Waals surface area contributed by atoms with Crippen molar-refractivity contribution >= 4 is 23.9 Å². The van der Waals surface area contributed by atoms with E-state index in [4.69, 9.17) is 0 Å². The van der Waals surface area contributed by atoms with Crippen LogP contribution in [0.4, 0.5) is 9.59 Å². The van der Waals surface area contributed by atoms with E-state index in [2.05, 4.69) is 10.6 Å². The predicted molar refractivity (Wildman–Crippen MR) is 102 cm³/mol. The van der Waals surface area contributed by atoms with E-state index in [1.165, 1.54) is 9.80 Å². The van der Waals surface area contributed by atoms with Crippen LogP contribution in [0.25, 0.3) is 0 Å². The first kappa shape index (κ1) is 19.9. The lowest BCUT2D eigenvalue weighted by Crippen LogP contribution is -2.31. The van der Waals surface area contributed by atoms with Crippen LogP contribution in [0.5, 0.6) is 0 Å². The van der Waals surface area contributed by atoms with E-state index in [0.29, 0.717) is 12.8 Å². The fraction of sp³-hybridized carbons (Fsp3) is 0.500. The molecule has 1 aromatic rings. The third-order valence-electron chi connectivity index (χ3n) is 5.07. The van der Waals surface area contributed by atoms with Crippen molar-refractivity contribution in [3.8, 4) is 0 Å². The molecule has 0 bridgehead atoms. The van der Waals surface area contributed by atoms with Crippen LogP contribution in [0.3, 0.4) is 0 Å². The molecular weight excluding hydrogens is 360 g/mol. The van der Waals surface area contributed by atoms with Crippen LogP contribution in [0, 0.1) is 0 Å². The lowest BCUT2D eigenvalue weighted by Gasteiger charge is -2.15. The van der Waals surface area contributed by atoms with Crippen LogP contribution in [0.2, 0.25) is 0 Å². The van der Waals surface area contributed by atoms with Gasteiger partial charge in [-0.2, -0.15) is 0 Å². The number of nitrogens with one attached hydrogen (secondary N) is 2. The van der Waals surface area contributed by atoms with Crippen LogP contribution >= 0.6 is 0 Å². The molecule has 0 saturated carbocycles. The molecule has 2 aliphatic heterocycles. The second-order valence-corrected chi connectivity index (χ2v) is 7.25. The summed E-state index contributed by atoms with van der Waals surface area (Å²) in [5, 5.41) is 5.42. The summed E-state index contributed by atoms with van der Waals surface area (Å²) in [6, 6.07) is 5.63. The number of hydrogen-bond acceptors (Lipinski definition) is 4. The topological polar surface area (TPSA) is 98.8 Å². The van der Waals surface area contributed by atoms with Crippen LogP contribution in [0.1, 0.15) is 50.7 Å². The highest BCUT2D eigenvalue weighted by atomic mass is 16.2. The van der Waals surface area contributed by atoms with Gasteiger partial charge in [-0.1, -0.05) is 51.0 Å². The van der Waals surface area contributed by atoms with Crippen LogP contribution in [-0.4, -0.2) is 45.8 Å². The average molecular weight is 386 g/mol. The Morgan fingerprint density at radius 1 is 0.714 bits per heavy atom. The van der Waals surface area contributed by atoms with Gasteiger partial charge in [-0.3, -0.25) is 19.4 Å². The molecule has 2 saturated heterocycles. The quantitative estimate of drug-likeness (QED) is 0.669. The Kier molecular flexibility index (Phi) is 5.96. The van der Waals surface area contributed by atoms with E-state index in [0.717, 1.165) is 24.0 Å². The molecule has 0 spiro atoms. The Morgan fingerprint density at radius 3 is 1.39 bits per heavy atom. The Morgan fingerprint density at radius 2 is 1.07 bits per heavy atom. The summed E-state index contributed by atoms with van der Waals surface area (Å²) in [5.41, 5.74) is 1.62. The first-order valence-electron chi connectivity index (χ1n) is 9.76. The molecular formula is C20H26N4O4. The number of nitrogens with zero attached hydrogens (tertiary/aromatic N) is 2. The maximum absolute atomic E-state index is 12.3. The summed E-state index contributed by atoms with van der Waals surface area (Å²) < 4.78 is 0. The highest BCUT2D eigenvalue weighted by Gasteiger charge is 2.38.